The van der Waals surface area contributed by atoms with Gasteiger partial charge in [-0.05, 0) is 5.92 Å². The third kappa shape index (κ3) is 2.49. The third-order valence-electron chi connectivity index (χ3n) is 1.90. The molecular formula is C11H9F4NO. The van der Waals surface area contributed by atoms with Gasteiger partial charge in [-0.1, -0.05) is 13.8 Å². The maximum absolute atomic E-state index is 13.3. The van der Waals surface area contributed by atoms with Gasteiger partial charge in [-0.15, -0.1) is 0 Å². The molecule has 1 aromatic rings. The minimum Gasteiger partial charge on any atom is -0.489 e. The molecule has 17 heavy (non-hydrogen) atoms. The van der Waals surface area contributed by atoms with Crippen LogP contribution < -0.4 is 4.74 Å². The minimum absolute atomic E-state index is 0.0443. The number of ether oxygens (including phenoxy) is 1. The Morgan fingerprint density at radius 3 is 2.06 bits per heavy atom. The van der Waals surface area contributed by atoms with Gasteiger partial charge in [0.1, 0.15) is 11.6 Å². The van der Waals surface area contributed by atoms with Crippen LogP contribution in [0.1, 0.15) is 19.4 Å². The van der Waals surface area contributed by atoms with Crippen molar-refractivity contribution in [1.29, 1.82) is 5.26 Å². The molecule has 1 aromatic carbocycles. The number of rotatable bonds is 3. The number of halogens is 4. The highest BCUT2D eigenvalue weighted by atomic mass is 19.2. The molecule has 2 nitrogen and oxygen atoms in total. The highest BCUT2D eigenvalue weighted by Crippen LogP contribution is 2.30. The van der Waals surface area contributed by atoms with Crippen LogP contribution in [0.3, 0.4) is 0 Å². The second-order valence-corrected chi connectivity index (χ2v) is 3.78. The molecular weight excluding hydrogens is 238 g/mol. The van der Waals surface area contributed by atoms with Gasteiger partial charge in [0, 0.05) is 0 Å². The number of hydrogen-bond donors (Lipinski definition) is 0. The Kier molecular flexibility index (Phi) is 3.94. The van der Waals surface area contributed by atoms with Gasteiger partial charge in [-0.2, -0.15) is 9.65 Å². The van der Waals surface area contributed by atoms with Crippen LogP contribution >= 0.6 is 0 Å². The van der Waals surface area contributed by atoms with Crippen LogP contribution in [-0.2, 0) is 0 Å². The minimum atomic E-state index is -2.02. The van der Waals surface area contributed by atoms with E-state index in [4.69, 9.17) is 10.00 Å². The normalized spacial score (nSPS) is 10.5. The molecule has 92 valence electrons. The summed E-state index contributed by atoms with van der Waals surface area (Å²) in [6.07, 6.45) is 0. The summed E-state index contributed by atoms with van der Waals surface area (Å²) in [6, 6.07) is 1.25. The lowest BCUT2D eigenvalue weighted by molar-refractivity contribution is 0.249. The van der Waals surface area contributed by atoms with Gasteiger partial charge in [-0.3, -0.25) is 0 Å². The van der Waals surface area contributed by atoms with Gasteiger partial charge < -0.3 is 4.74 Å². The number of benzene rings is 1. The summed E-state index contributed by atoms with van der Waals surface area (Å²) >= 11 is 0. The third-order valence-corrected chi connectivity index (χ3v) is 1.90. The van der Waals surface area contributed by atoms with Crippen molar-refractivity contribution in [3.63, 3.8) is 0 Å². The lowest BCUT2D eigenvalue weighted by atomic mass is 10.1. The molecule has 0 atom stereocenters. The van der Waals surface area contributed by atoms with E-state index in [0.29, 0.717) is 0 Å². The Labute approximate surface area is 95.4 Å². The highest BCUT2D eigenvalue weighted by molar-refractivity contribution is 5.46. The van der Waals surface area contributed by atoms with Crippen LogP contribution in [0.15, 0.2) is 0 Å². The Morgan fingerprint density at radius 2 is 1.59 bits per heavy atom. The Balaban J connectivity index is 3.33. The average molecular weight is 247 g/mol. The molecule has 0 amide bonds. The topological polar surface area (TPSA) is 33.0 Å². The van der Waals surface area contributed by atoms with Crippen molar-refractivity contribution in [1.82, 2.24) is 0 Å². The molecule has 6 heteroatoms. The lowest BCUT2D eigenvalue weighted by Crippen LogP contribution is -2.10. The highest BCUT2D eigenvalue weighted by Gasteiger charge is 2.26. The first-order chi connectivity index (χ1) is 7.90. The first-order valence-corrected chi connectivity index (χ1v) is 4.79. The number of nitrogens with zero attached hydrogens (tertiary/aromatic N) is 1. The summed E-state index contributed by atoms with van der Waals surface area (Å²) in [4.78, 5) is 0. The molecule has 0 aliphatic heterocycles. The van der Waals surface area contributed by atoms with Gasteiger partial charge in [0.05, 0.1) is 6.61 Å². The zero-order valence-electron chi connectivity index (χ0n) is 9.15. The van der Waals surface area contributed by atoms with E-state index in [1.54, 1.807) is 13.8 Å². The van der Waals surface area contributed by atoms with Crippen LogP contribution in [0.2, 0.25) is 0 Å². The van der Waals surface area contributed by atoms with Crippen molar-refractivity contribution in [3.8, 4) is 11.8 Å². The van der Waals surface area contributed by atoms with Crippen molar-refractivity contribution in [3.05, 3.63) is 28.8 Å². The van der Waals surface area contributed by atoms with E-state index < -0.39 is 34.6 Å². The largest absolute Gasteiger partial charge is 0.489 e. The monoisotopic (exact) mass is 247 g/mol. The van der Waals surface area contributed by atoms with Crippen molar-refractivity contribution in [2.24, 2.45) is 5.92 Å². The van der Waals surface area contributed by atoms with E-state index in [-0.39, 0.29) is 12.5 Å². The van der Waals surface area contributed by atoms with E-state index in [1.807, 2.05) is 0 Å². The van der Waals surface area contributed by atoms with E-state index in [9.17, 15) is 17.6 Å². The molecule has 0 spiro atoms. The zero-order chi connectivity index (χ0) is 13.2. The molecule has 0 fully saturated rings. The maximum Gasteiger partial charge on any atom is 0.205 e. The molecule has 0 radical (unpaired) electrons. The van der Waals surface area contributed by atoms with Gasteiger partial charge in [0.2, 0.25) is 11.6 Å². The average Bonchev–Trinajstić information content (AvgIpc) is 2.29. The second-order valence-electron chi connectivity index (χ2n) is 3.78. The van der Waals surface area contributed by atoms with Gasteiger partial charge in [0.25, 0.3) is 0 Å². The molecule has 0 aliphatic carbocycles. The van der Waals surface area contributed by atoms with Gasteiger partial charge >= 0.3 is 0 Å². The molecule has 0 aromatic heterocycles. The summed E-state index contributed by atoms with van der Waals surface area (Å²) in [5.74, 6) is -8.38. The molecule has 0 saturated carbocycles. The summed E-state index contributed by atoms with van der Waals surface area (Å²) in [5, 5.41) is 8.58. The lowest BCUT2D eigenvalue weighted by Gasteiger charge is -2.12. The van der Waals surface area contributed by atoms with E-state index in [0.717, 1.165) is 0 Å². The predicted octanol–water partition coefficient (Wildman–Crippen LogP) is 3.15. The van der Waals surface area contributed by atoms with Crippen molar-refractivity contribution in [2.75, 3.05) is 6.61 Å². The van der Waals surface area contributed by atoms with E-state index >= 15 is 0 Å². The number of hydrogen-bond acceptors (Lipinski definition) is 2. The van der Waals surface area contributed by atoms with Crippen molar-refractivity contribution >= 4 is 0 Å². The summed E-state index contributed by atoms with van der Waals surface area (Å²) in [5.41, 5.74) is -0.970. The van der Waals surface area contributed by atoms with Crippen LogP contribution in [0, 0.1) is 40.5 Å². The molecule has 0 unspecified atom stereocenters. The predicted molar refractivity (Wildman–Crippen MR) is 51.3 cm³/mol. The van der Waals surface area contributed by atoms with Gasteiger partial charge in [-0.25, -0.2) is 13.2 Å². The van der Waals surface area contributed by atoms with Crippen molar-refractivity contribution in [2.45, 2.75) is 13.8 Å². The Hall–Kier alpha value is -1.77. The van der Waals surface area contributed by atoms with Crippen LogP contribution in [0.4, 0.5) is 17.6 Å². The van der Waals surface area contributed by atoms with E-state index in [1.165, 1.54) is 6.07 Å². The van der Waals surface area contributed by atoms with Crippen molar-refractivity contribution < 1.29 is 22.3 Å². The zero-order valence-corrected chi connectivity index (χ0v) is 9.15. The summed E-state index contributed by atoms with van der Waals surface area (Å²) < 4.78 is 57.0. The molecule has 0 N–H and O–H groups in total. The SMILES string of the molecule is CC(C)COc1c(F)c(F)c(F)c(F)c1C#N. The Bertz CT molecular complexity index is 480. The number of nitriles is 1. The molecule has 0 saturated heterocycles. The second kappa shape index (κ2) is 5.04. The quantitative estimate of drug-likeness (QED) is 0.467. The maximum atomic E-state index is 13.3. The first kappa shape index (κ1) is 13.3. The first-order valence-electron chi connectivity index (χ1n) is 4.79. The van der Waals surface area contributed by atoms with Gasteiger partial charge in [0.15, 0.2) is 17.4 Å². The van der Waals surface area contributed by atoms with Crippen LogP contribution in [0.5, 0.6) is 5.75 Å². The molecule has 0 bridgehead atoms. The fraction of sp³-hybridized carbons (Fsp3) is 0.364. The fourth-order valence-electron chi connectivity index (χ4n) is 1.10. The summed E-state index contributed by atoms with van der Waals surface area (Å²) in [7, 11) is 0. The summed E-state index contributed by atoms with van der Waals surface area (Å²) in [6.45, 7) is 3.40. The molecule has 0 heterocycles. The van der Waals surface area contributed by atoms with Crippen LogP contribution in [-0.4, -0.2) is 6.61 Å². The molecule has 1 rings (SSSR count). The smallest absolute Gasteiger partial charge is 0.205 e. The van der Waals surface area contributed by atoms with E-state index in [2.05, 4.69) is 0 Å². The standard InChI is InChI=1S/C11H9F4NO/c1-5(2)4-17-11-6(3-16)7(12)8(13)9(14)10(11)15/h5H,4H2,1-2H3. The fourth-order valence-corrected chi connectivity index (χ4v) is 1.10. The van der Waals surface area contributed by atoms with Crippen LogP contribution in [0.25, 0.3) is 0 Å². The Morgan fingerprint density at radius 1 is 1.06 bits per heavy atom. The molecule has 0 aliphatic rings.